The molecule has 6 heteroatoms. The lowest BCUT2D eigenvalue weighted by molar-refractivity contribution is 0.0741. The van der Waals surface area contributed by atoms with E-state index >= 15 is 0 Å². The number of aromatic nitrogens is 3. The SMILES string of the molecule is O=C(c1cc2ccc3cccnc3c2[nH]1)N1CCN(c2ccccn2)CC1. The number of hydrogen-bond acceptors (Lipinski definition) is 4. The highest BCUT2D eigenvalue weighted by Gasteiger charge is 2.24. The Morgan fingerprint density at radius 2 is 1.70 bits per heavy atom. The summed E-state index contributed by atoms with van der Waals surface area (Å²) in [5.74, 6) is 1.00. The first kappa shape index (κ1) is 15.8. The normalized spacial score (nSPS) is 14.8. The largest absolute Gasteiger partial charge is 0.353 e. The molecule has 0 unspecified atom stereocenters. The molecule has 1 aliphatic heterocycles. The van der Waals surface area contributed by atoms with Crippen LogP contribution in [0.3, 0.4) is 0 Å². The molecule has 27 heavy (non-hydrogen) atoms. The van der Waals surface area contributed by atoms with E-state index in [1.54, 1.807) is 12.4 Å². The lowest BCUT2D eigenvalue weighted by atomic mass is 10.1. The molecule has 0 spiro atoms. The summed E-state index contributed by atoms with van der Waals surface area (Å²) < 4.78 is 0. The standard InChI is InChI=1S/C21H19N5O/c27-21(26-12-10-25(11-13-26)18-5-1-2-8-22-18)17-14-16-7-6-15-4-3-9-23-19(15)20(16)24-17/h1-9,14,24H,10-13H2. The number of aromatic amines is 1. The van der Waals surface area contributed by atoms with Gasteiger partial charge in [-0.3, -0.25) is 9.78 Å². The van der Waals surface area contributed by atoms with Crippen molar-refractivity contribution < 1.29 is 4.79 Å². The fourth-order valence-corrected chi connectivity index (χ4v) is 3.70. The number of pyridine rings is 2. The van der Waals surface area contributed by atoms with Gasteiger partial charge >= 0.3 is 0 Å². The third kappa shape index (κ3) is 2.79. The Labute approximate surface area is 156 Å². The van der Waals surface area contributed by atoms with Gasteiger partial charge in [-0.05, 0) is 24.3 Å². The molecule has 4 heterocycles. The third-order valence-electron chi connectivity index (χ3n) is 5.14. The Bertz CT molecular complexity index is 1110. The number of carbonyl (C=O) groups excluding carboxylic acids is 1. The van der Waals surface area contributed by atoms with Crippen molar-refractivity contribution in [1.82, 2.24) is 19.9 Å². The van der Waals surface area contributed by atoms with Gasteiger partial charge in [0.1, 0.15) is 11.5 Å². The van der Waals surface area contributed by atoms with Crippen molar-refractivity contribution in [3.63, 3.8) is 0 Å². The molecular weight excluding hydrogens is 338 g/mol. The molecule has 0 aliphatic carbocycles. The van der Waals surface area contributed by atoms with Gasteiger partial charge in [0.05, 0.1) is 11.0 Å². The number of amides is 1. The Balaban J connectivity index is 1.38. The summed E-state index contributed by atoms with van der Waals surface area (Å²) in [5.41, 5.74) is 2.44. The summed E-state index contributed by atoms with van der Waals surface area (Å²) in [6.45, 7) is 2.94. The van der Waals surface area contributed by atoms with Crippen molar-refractivity contribution >= 4 is 33.5 Å². The number of H-pyrrole nitrogens is 1. The van der Waals surface area contributed by atoms with Gasteiger partial charge in [0, 0.05) is 49.3 Å². The van der Waals surface area contributed by atoms with Gasteiger partial charge in [0.2, 0.25) is 0 Å². The second-order valence-electron chi connectivity index (χ2n) is 6.76. The monoisotopic (exact) mass is 357 g/mol. The number of nitrogens with one attached hydrogen (secondary N) is 1. The molecule has 0 atom stereocenters. The molecule has 4 aromatic rings. The first-order valence-electron chi connectivity index (χ1n) is 9.11. The number of rotatable bonds is 2. The molecule has 1 aromatic carbocycles. The minimum atomic E-state index is 0.0379. The van der Waals surface area contributed by atoms with Gasteiger partial charge in [-0.1, -0.05) is 24.3 Å². The van der Waals surface area contributed by atoms with Crippen LogP contribution in [0, 0.1) is 0 Å². The highest BCUT2D eigenvalue weighted by Crippen LogP contribution is 2.24. The van der Waals surface area contributed by atoms with Crippen LogP contribution in [-0.2, 0) is 0 Å². The van der Waals surface area contributed by atoms with E-state index in [1.165, 1.54) is 0 Å². The number of hydrogen-bond donors (Lipinski definition) is 1. The smallest absolute Gasteiger partial charge is 0.270 e. The summed E-state index contributed by atoms with van der Waals surface area (Å²) in [6.07, 6.45) is 3.58. The Hall–Kier alpha value is -3.41. The molecule has 1 fully saturated rings. The van der Waals surface area contributed by atoms with Gasteiger partial charge in [0.25, 0.3) is 5.91 Å². The van der Waals surface area contributed by atoms with Gasteiger partial charge in [0.15, 0.2) is 0 Å². The molecule has 1 aliphatic rings. The molecule has 0 bridgehead atoms. The van der Waals surface area contributed by atoms with E-state index in [9.17, 15) is 4.79 Å². The average Bonchev–Trinajstić information content (AvgIpc) is 3.19. The molecule has 1 saturated heterocycles. The van der Waals surface area contributed by atoms with Crippen LogP contribution in [0.2, 0.25) is 0 Å². The van der Waals surface area contributed by atoms with Crippen LogP contribution in [-0.4, -0.2) is 51.9 Å². The van der Waals surface area contributed by atoms with Crippen molar-refractivity contribution in [3.8, 4) is 0 Å². The fourth-order valence-electron chi connectivity index (χ4n) is 3.70. The van der Waals surface area contributed by atoms with E-state index in [1.807, 2.05) is 53.4 Å². The van der Waals surface area contributed by atoms with E-state index in [-0.39, 0.29) is 5.91 Å². The maximum absolute atomic E-state index is 13.0. The second-order valence-corrected chi connectivity index (χ2v) is 6.76. The summed E-state index contributed by atoms with van der Waals surface area (Å²) in [5, 5.41) is 2.08. The highest BCUT2D eigenvalue weighted by molar-refractivity contribution is 6.07. The second kappa shape index (κ2) is 6.39. The van der Waals surface area contributed by atoms with E-state index in [0.717, 1.165) is 40.7 Å². The van der Waals surface area contributed by atoms with Crippen molar-refractivity contribution in [2.45, 2.75) is 0 Å². The van der Waals surface area contributed by atoms with E-state index in [0.29, 0.717) is 18.8 Å². The number of anilines is 1. The molecule has 1 N–H and O–H groups in total. The summed E-state index contributed by atoms with van der Waals surface area (Å²) >= 11 is 0. The van der Waals surface area contributed by atoms with Gasteiger partial charge in [-0.2, -0.15) is 0 Å². The zero-order valence-electron chi connectivity index (χ0n) is 14.8. The molecule has 5 rings (SSSR count). The van der Waals surface area contributed by atoms with Crippen LogP contribution in [0.25, 0.3) is 21.8 Å². The van der Waals surface area contributed by atoms with Crippen molar-refractivity contribution in [1.29, 1.82) is 0 Å². The third-order valence-corrected chi connectivity index (χ3v) is 5.14. The van der Waals surface area contributed by atoms with E-state index in [2.05, 4.69) is 19.9 Å². The quantitative estimate of drug-likeness (QED) is 0.599. The van der Waals surface area contributed by atoms with Crippen LogP contribution in [0.5, 0.6) is 0 Å². The van der Waals surface area contributed by atoms with Crippen molar-refractivity contribution in [3.05, 3.63) is 66.6 Å². The van der Waals surface area contributed by atoms with E-state index in [4.69, 9.17) is 0 Å². The highest BCUT2D eigenvalue weighted by atomic mass is 16.2. The maximum atomic E-state index is 13.0. The summed E-state index contributed by atoms with van der Waals surface area (Å²) in [4.78, 5) is 29.3. The number of benzene rings is 1. The number of nitrogens with zero attached hydrogens (tertiary/aromatic N) is 4. The zero-order chi connectivity index (χ0) is 18.2. The average molecular weight is 357 g/mol. The summed E-state index contributed by atoms with van der Waals surface area (Å²) in [7, 11) is 0. The van der Waals surface area contributed by atoms with Gasteiger partial charge in [-0.15, -0.1) is 0 Å². The Kier molecular flexibility index (Phi) is 3.74. The molecule has 1 amide bonds. The summed E-state index contributed by atoms with van der Waals surface area (Å²) in [6, 6.07) is 15.9. The topological polar surface area (TPSA) is 65.1 Å². The molecule has 6 nitrogen and oxygen atoms in total. The molecular formula is C21H19N5O. The van der Waals surface area contributed by atoms with Gasteiger partial charge < -0.3 is 14.8 Å². The maximum Gasteiger partial charge on any atom is 0.270 e. The zero-order valence-corrected chi connectivity index (χ0v) is 14.8. The van der Waals surface area contributed by atoms with Crippen LogP contribution < -0.4 is 4.90 Å². The first-order valence-corrected chi connectivity index (χ1v) is 9.11. The lowest BCUT2D eigenvalue weighted by Gasteiger charge is -2.35. The first-order chi connectivity index (χ1) is 13.3. The van der Waals surface area contributed by atoms with Crippen LogP contribution in [0.4, 0.5) is 5.82 Å². The minimum absolute atomic E-state index is 0.0379. The lowest BCUT2D eigenvalue weighted by Crippen LogP contribution is -2.49. The van der Waals surface area contributed by atoms with E-state index < -0.39 is 0 Å². The molecule has 3 aromatic heterocycles. The van der Waals surface area contributed by atoms with Crippen molar-refractivity contribution in [2.24, 2.45) is 0 Å². The predicted octanol–water partition coefficient (Wildman–Crippen LogP) is 3.07. The van der Waals surface area contributed by atoms with Crippen LogP contribution in [0.1, 0.15) is 10.5 Å². The minimum Gasteiger partial charge on any atom is -0.353 e. The van der Waals surface area contributed by atoms with Crippen molar-refractivity contribution in [2.75, 3.05) is 31.1 Å². The number of piperazine rings is 1. The van der Waals surface area contributed by atoms with Gasteiger partial charge in [-0.25, -0.2) is 4.98 Å². The fraction of sp³-hybridized carbons (Fsp3) is 0.190. The number of fused-ring (bicyclic) bond motifs is 3. The molecule has 0 radical (unpaired) electrons. The molecule has 134 valence electrons. The molecule has 0 saturated carbocycles. The van der Waals surface area contributed by atoms with Crippen LogP contribution in [0.15, 0.2) is 60.9 Å². The Morgan fingerprint density at radius 1 is 0.889 bits per heavy atom. The predicted molar refractivity (Wildman–Crippen MR) is 106 cm³/mol. The van der Waals surface area contributed by atoms with Crippen LogP contribution >= 0.6 is 0 Å². The number of carbonyl (C=O) groups is 1. The Morgan fingerprint density at radius 3 is 2.52 bits per heavy atom.